The van der Waals surface area contributed by atoms with E-state index in [0.29, 0.717) is 30.2 Å². The van der Waals surface area contributed by atoms with Crippen LogP contribution in [0.2, 0.25) is 0 Å². The lowest BCUT2D eigenvalue weighted by Crippen LogP contribution is -2.32. The molecule has 1 amide bonds. The Balaban J connectivity index is 1.49. The van der Waals surface area contributed by atoms with E-state index in [2.05, 4.69) is 5.32 Å². The molecule has 1 atom stereocenters. The van der Waals surface area contributed by atoms with Gasteiger partial charge >= 0.3 is 5.97 Å². The van der Waals surface area contributed by atoms with Crippen molar-refractivity contribution in [3.05, 3.63) is 80.3 Å². The molecule has 200 valence electrons. The molecular weight excluding hydrogens is 490 g/mol. The largest absolute Gasteiger partial charge is 0.449 e. The maximum absolute atomic E-state index is 13.0. The van der Waals surface area contributed by atoms with Gasteiger partial charge in [-0.25, -0.2) is 9.48 Å². The molecule has 0 bridgehead atoms. The first-order valence-electron chi connectivity index (χ1n) is 12.6. The van der Waals surface area contributed by atoms with Crippen molar-refractivity contribution < 1.29 is 19.2 Å². The van der Waals surface area contributed by atoms with Crippen LogP contribution in [-0.2, 0) is 16.6 Å². The summed E-state index contributed by atoms with van der Waals surface area (Å²) >= 11 is 0. The number of esters is 1. The molecule has 0 spiro atoms. The van der Waals surface area contributed by atoms with Crippen LogP contribution in [0.3, 0.4) is 0 Å². The predicted molar refractivity (Wildman–Crippen MR) is 143 cm³/mol. The number of benzene rings is 2. The number of nitro groups is 1. The number of hydrogen-bond acceptors (Lipinski definition) is 7. The van der Waals surface area contributed by atoms with Gasteiger partial charge in [-0.2, -0.15) is 0 Å². The molecule has 0 saturated carbocycles. The van der Waals surface area contributed by atoms with Crippen molar-refractivity contribution in [1.82, 2.24) is 9.36 Å². The number of anilines is 2. The third kappa shape index (κ3) is 5.46. The zero-order valence-corrected chi connectivity index (χ0v) is 21.7. The van der Waals surface area contributed by atoms with Gasteiger partial charge in [-0.1, -0.05) is 31.0 Å². The van der Waals surface area contributed by atoms with Crippen molar-refractivity contribution in [2.45, 2.75) is 45.6 Å². The molecule has 2 aromatic carbocycles. The summed E-state index contributed by atoms with van der Waals surface area (Å²) in [5.41, 5.74) is 1.05. The number of aromatic nitrogens is 2. The number of nitrogens with zero attached hydrogens (tertiary/aromatic N) is 4. The Labute approximate surface area is 219 Å². The van der Waals surface area contributed by atoms with E-state index in [-0.39, 0.29) is 16.9 Å². The molecule has 1 aliphatic rings. The molecule has 4 rings (SSSR count). The Hall–Kier alpha value is -4.41. The van der Waals surface area contributed by atoms with Crippen LogP contribution in [0.1, 0.15) is 48.7 Å². The zero-order valence-electron chi connectivity index (χ0n) is 21.7. The van der Waals surface area contributed by atoms with Crippen molar-refractivity contribution in [2.75, 3.05) is 23.3 Å². The molecule has 1 fully saturated rings. The Kier molecular flexibility index (Phi) is 7.94. The average Bonchev–Trinajstić information content (AvgIpc) is 3.10. The summed E-state index contributed by atoms with van der Waals surface area (Å²) in [4.78, 5) is 51.9. The van der Waals surface area contributed by atoms with Gasteiger partial charge in [0.05, 0.1) is 21.9 Å². The molecular formula is C27H31N5O6. The number of nitro benzene ring substituents is 1. The molecule has 0 aliphatic carbocycles. The fourth-order valence-corrected chi connectivity index (χ4v) is 4.59. The second-order valence-corrected chi connectivity index (χ2v) is 9.34. The van der Waals surface area contributed by atoms with Gasteiger partial charge in [0.15, 0.2) is 6.10 Å². The number of rotatable bonds is 7. The van der Waals surface area contributed by atoms with Gasteiger partial charge in [0, 0.05) is 26.2 Å². The highest BCUT2D eigenvalue weighted by Crippen LogP contribution is 2.31. The maximum atomic E-state index is 13.0. The highest BCUT2D eigenvalue weighted by molar-refractivity contribution is 5.98. The summed E-state index contributed by atoms with van der Waals surface area (Å²) in [5.74, 6) is -1.57. The number of amides is 1. The van der Waals surface area contributed by atoms with E-state index < -0.39 is 28.5 Å². The fourth-order valence-electron chi connectivity index (χ4n) is 4.59. The zero-order chi connectivity index (χ0) is 27.4. The van der Waals surface area contributed by atoms with Gasteiger partial charge in [-0.3, -0.25) is 24.4 Å². The number of para-hydroxylation sites is 1. The number of nitrogens with one attached hydrogen (secondary N) is 1. The lowest BCUT2D eigenvalue weighted by Gasteiger charge is -2.22. The second-order valence-electron chi connectivity index (χ2n) is 9.34. The Bertz CT molecular complexity index is 1400. The van der Waals surface area contributed by atoms with Crippen LogP contribution in [0.25, 0.3) is 5.69 Å². The third-order valence-corrected chi connectivity index (χ3v) is 6.81. The smallest absolute Gasteiger partial charge is 0.339 e. The number of carbonyl (C=O) groups excluding carboxylic acids is 2. The number of carbonyl (C=O) groups is 2. The summed E-state index contributed by atoms with van der Waals surface area (Å²) in [6.45, 7) is 4.50. The SMILES string of the molecule is Cc1c(NC(=O)C(C)OC(=O)c2ccc(N3CCCCCC3)c([N+](=O)[O-])c2)c(=O)n(-c2ccccc2)n1C. The standard InChI is InChI=1S/C27H31N5O6/c1-18-24(26(34)31(29(18)3)21-11-7-6-8-12-21)28-25(33)19(2)38-27(35)20-13-14-22(23(17-20)32(36)37)30-15-9-4-5-10-16-30/h6-8,11-14,17,19H,4-5,9-10,15-16H2,1-3H3,(H,28,33). The van der Waals surface area contributed by atoms with Crippen molar-refractivity contribution in [1.29, 1.82) is 0 Å². The molecule has 1 saturated heterocycles. The van der Waals surface area contributed by atoms with Gasteiger partial charge in [0.1, 0.15) is 11.4 Å². The summed E-state index contributed by atoms with van der Waals surface area (Å²) in [7, 11) is 1.70. The molecule has 11 nitrogen and oxygen atoms in total. The highest BCUT2D eigenvalue weighted by atomic mass is 16.6. The highest BCUT2D eigenvalue weighted by Gasteiger charge is 2.26. The van der Waals surface area contributed by atoms with Gasteiger partial charge in [0.2, 0.25) is 0 Å². The van der Waals surface area contributed by atoms with Crippen LogP contribution in [0.15, 0.2) is 53.3 Å². The van der Waals surface area contributed by atoms with E-state index in [4.69, 9.17) is 4.74 Å². The van der Waals surface area contributed by atoms with Crippen LogP contribution in [-0.4, -0.2) is 45.4 Å². The Morgan fingerprint density at radius 2 is 1.71 bits per heavy atom. The van der Waals surface area contributed by atoms with E-state index >= 15 is 0 Å². The van der Waals surface area contributed by atoms with E-state index in [0.717, 1.165) is 25.7 Å². The maximum Gasteiger partial charge on any atom is 0.339 e. The molecule has 38 heavy (non-hydrogen) atoms. The van der Waals surface area contributed by atoms with E-state index in [1.807, 2.05) is 11.0 Å². The van der Waals surface area contributed by atoms with Crippen molar-refractivity contribution in [3.8, 4) is 5.69 Å². The first-order chi connectivity index (χ1) is 18.2. The normalized spacial score (nSPS) is 14.4. The second kappa shape index (κ2) is 11.3. The molecule has 0 radical (unpaired) electrons. The van der Waals surface area contributed by atoms with Gasteiger partial charge in [-0.05, 0) is 51.0 Å². The van der Waals surface area contributed by atoms with Crippen LogP contribution in [0.4, 0.5) is 17.1 Å². The topological polar surface area (TPSA) is 129 Å². The molecule has 1 N–H and O–H groups in total. The Morgan fingerprint density at radius 3 is 2.34 bits per heavy atom. The van der Waals surface area contributed by atoms with E-state index in [1.165, 1.54) is 23.7 Å². The quantitative estimate of drug-likeness (QED) is 0.283. The van der Waals surface area contributed by atoms with E-state index in [1.54, 1.807) is 49.0 Å². The molecule has 1 aliphatic heterocycles. The van der Waals surface area contributed by atoms with Crippen LogP contribution >= 0.6 is 0 Å². The molecule has 1 unspecified atom stereocenters. The summed E-state index contributed by atoms with van der Waals surface area (Å²) in [5, 5.41) is 14.4. The van der Waals surface area contributed by atoms with Crippen LogP contribution in [0.5, 0.6) is 0 Å². The van der Waals surface area contributed by atoms with Crippen molar-refractivity contribution in [3.63, 3.8) is 0 Å². The average molecular weight is 522 g/mol. The fraction of sp³-hybridized carbons (Fsp3) is 0.370. The lowest BCUT2D eigenvalue weighted by atomic mass is 10.1. The summed E-state index contributed by atoms with van der Waals surface area (Å²) in [6.07, 6.45) is 2.81. The first kappa shape index (κ1) is 26.6. The predicted octanol–water partition coefficient (Wildman–Crippen LogP) is 3.96. The molecule has 3 aromatic rings. The van der Waals surface area contributed by atoms with Gasteiger partial charge in [-0.15, -0.1) is 0 Å². The number of ether oxygens (including phenoxy) is 1. The summed E-state index contributed by atoms with van der Waals surface area (Å²) < 4.78 is 8.35. The van der Waals surface area contributed by atoms with E-state index in [9.17, 15) is 24.5 Å². The van der Waals surface area contributed by atoms with Crippen molar-refractivity contribution >= 4 is 28.9 Å². The lowest BCUT2D eigenvalue weighted by molar-refractivity contribution is -0.384. The van der Waals surface area contributed by atoms with Crippen LogP contribution < -0.4 is 15.8 Å². The Morgan fingerprint density at radius 1 is 1.05 bits per heavy atom. The molecule has 1 aromatic heterocycles. The third-order valence-electron chi connectivity index (χ3n) is 6.81. The minimum absolute atomic E-state index is 0.0303. The van der Waals surface area contributed by atoms with Crippen molar-refractivity contribution in [2.24, 2.45) is 7.05 Å². The first-order valence-corrected chi connectivity index (χ1v) is 12.6. The van der Waals surface area contributed by atoms with Gasteiger partial charge in [0.25, 0.3) is 17.2 Å². The number of hydrogen-bond donors (Lipinski definition) is 1. The minimum Gasteiger partial charge on any atom is -0.449 e. The monoisotopic (exact) mass is 521 g/mol. The molecule has 2 heterocycles. The van der Waals surface area contributed by atoms with Crippen LogP contribution in [0, 0.1) is 17.0 Å². The van der Waals surface area contributed by atoms with Gasteiger partial charge < -0.3 is 15.0 Å². The molecule has 11 heteroatoms. The summed E-state index contributed by atoms with van der Waals surface area (Å²) in [6, 6.07) is 13.2. The minimum atomic E-state index is -1.25.